The molecule has 2 rings (SSSR count). The first-order valence-corrected chi connectivity index (χ1v) is 8.29. The molecule has 3 heteroatoms. The Balaban J connectivity index is 1.89. The van der Waals surface area contributed by atoms with Crippen LogP contribution in [0.4, 0.5) is 0 Å². The summed E-state index contributed by atoms with van der Waals surface area (Å²) in [7, 11) is 0. The molecule has 1 N–H and O–H groups in total. The van der Waals surface area contributed by atoms with Crippen LogP contribution in [0.2, 0.25) is 0 Å². The lowest BCUT2D eigenvalue weighted by molar-refractivity contribution is -0.0173. The Kier molecular flexibility index (Phi) is 7.20. The molecule has 1 fully saturated rings. The third-order valence-electron chi connectivity index (χ3n) is 4.18. The van der Waals surface area contributed by atoms with Gasteiger partial charge in [0, 0.05) is 13.2 Å². The summed E-state index contributed by atoms with van der Waals surface area (Å²) in [5.41, 5.74) is 1.31. The van der Waals surface area contributed by atoms with Gasteiger partial charge in [0.1, 0.15) is 0 Å². The van der Waals surface area contributed by atoms with Crippen molar-refractivity contribution in [2.45, 2.75) is 45.3 Å². The average Bonchev–Trinajstić information content (AvgIpc) is 2.55. The minimum Gasteiger partial charge on any atom is -0.381 e. The first kappa shape index (κ1) is 16.5. The van der Waals surface area contributed by atoms with Crippen molar-refractivity contribution in [1.82, 2.24) is 5.32 Å². The van der Waals surface area contributed by atoms with Crippen molar-refractivity contribution < 1.29 is 9.47 Å². The standard InChI is InChI=1S/C18H29NO2/c1-3-11-19-18(17-7-5-4-6-8-17)15(2)21-14-16-9-12-20-13-10-16/h4-8,15-16,18-19H,3,9-14H2,1-2H3. The van der Waals surface area contributed by atoms with Crippen LogP contribution in [0.3, 0.4) is 0 Å². The molecule has 0 aromatic heterocycles. The monoisotopic (exact) mass is 291 g/mol. The van der Waals surface area contributed by atoms with E-state index in [0.717, 1.165) is 45.6 Å². The van der Waals surface area contributed by atoms with Crippen molar-refractivity contribution in [3.63, 3.8) is 0 Å². The molecule has 1 aliphatic rings. The van der Waals surface area contributed by atoms with E-state index in [-0.39, 0.29) is 12.1 Å². The van der Waals surface area contributed by atoms with Crippen molar-refractivity contribution in [2.24, 2.45) is 5.92 Å². The van der Waals surface area contributed by atoms with E-state index in [9.17, 15) is 0 Å². The lowest BCUT2D eigenvalue weighted by Gasteiger charge is -2.29. The van der Waals surface area contributed by atoms with Crippen LogP contribution in [0.5, 0.6) is 0 Å². The van der Waals surface area contributed by atoms with Crippen molar-refractivity contribution in [2.75, 3.05) is 26.4 Å². The highest BCUT2D eigenvalue weighted by Crippen LogP contribution is 2.22. The van der Waals surface area contributed by atoms with Crippen LogP contribution in [0.25, 0.3) is 0 Å². The van der Waals surface area contributed by atoms with Gasteiger partial charge in [-0.25, -0.2) is 0 Å². The molecule has 118 valence electrons. The first-order valence-electron chi connectivity index (χ1n) is 8.29. The van der Waals surface area contributed by atoms with Crippen LogP contribution in [0, 0.1) is 5.92 Å². The molecule has 1 aromatic rings. The van der Waals surface area contributed by atoms with Gasteiger partial charge < -0.3 is 14.8 Å². The van der Waals surface area contributed by atoms with E-state index >= 15 is 0 Å². The Bertz CT molecular complexity index is 376. The van der Waals surface area contributed by atoms with Crippen molar-refractivity contribution >= 4 is 0 Å². The average molecular weight is 291 g/mol. The molecule has 0 amide bonds. The third kappa shape index (κ3) is 5.42. The van der Waals surface area contributed by atoms with Crippen molar-refractivity contribution in [3.8, 4) is 0 Å². The lowest BCUT2D eigenvalue weighted by Crippen LogP contribution is -2.34. The Hall–Kier alpha value is -0.900. The molecule has 0 saturated carbocycles. The largest absolute Gasteiger partial charge is 0.381 e. The molecule has 3 nitrogen and oxygen atoms in total. The van der Waals surface area contributed by atoms with E-state index in [2.05, 4.69) is 49.5 Å². The summed E-state index contributed by atoms with van der Waals surface area (Å²) in [6.07, 6.45) is 3.58. The number of hydrogen-bond acceptors (Lipinski definition) is 3. The molecule has 1 aromatic carbocycles. The molecular formula is C18H29NO2. The predicted molar refractivity (Wildman–Crippen MR) is 86.4 cm³/mol. The first-order chi connectivity index (χ1) is 10.3. The fourth-order valence-electron chi connectivity index (χ4n) is 2.81. The molecule has 0 aliphatic carbocycles. The maximum atomic E-state index is 6.18. The van der Waals surface area contributed by atoms with Gasteiger partial charge in [-0.2, -0.15) is 0 Å². The number of rotatable bonds is 8. The van der Waals surface area contributed by atoms with Gasteiger partial charge in [-0.1, -0.05) is 37.3 Å². The van der Waals surface area contributed by atoms with Gasteiger partial charge in [0.25, 0.3) is 0 Å². The lowest BCUT2D eigenvalue weighted by atomic mass is 10.00. The summed E-state index contributed by atoms with van der Waals surface area (Å²) in [6.45, 7) is 8.02. The van der Waals surface area contributed by atoms with Gasteiger partial charge >= 0.3 is 0 Å². The number of ether oxygens (including phenoxy) is 2. The molecule has 21 heavy (non-hydrogen) atoms. The van der Waals surface area contributed by atoms with E-state index in [4.69, 9.17) is 9.47 Å². The molecule has 1 saturated heterocycles. The van der Waals surface area contributed by atoms with Gasteiger partial charge in [-0.3, -0.25) is 0 Å². The second-order valence-corrected chi connectivity index (χ2v) is 5.94. The topological polar surface area (TPSA) is 30.5 Å². The fraction of sp³-hybridized carbons (Fsp3) is 0.667. The van der Waals surface area contributed by atoms with Crippen molar-refractivity contribution in [3.05, 3.63) is 35.9 Å². The van der Waals surface area contributed by atoms with Gasteiger partial charge in [-0.05, 0) is 44.2 Å². The Morgan fingerprint density at radius 1 is 1.24 bits per heavy atom. The van der Waals surface area contributed by atoms with Gasteiger partial charge in [0.05, 0.1) is 18.8 Å². The van der Waals surface area contributed by atoms with E-state index in [1.807, 2.05) is 0 Å². The highest BCUT2D eigenvalue weighted by atomic mass is 16.5. The Morgan fingerprint density at radius 3 is 2.62 bits per heavy atom. The zero-order valence-corrected chi connectivity index (χ0v) is 13.4. The molecule has 2 atom stereocenters. The summed E-state index contributed by atoms with van der Waals surface area (Å²) < 4.78 is 11.6. The summed E-state index contributed by atoms with van der Waals surface area (Å²) in [5, 5.41) is 3.62. The Morgan fingerprint density at radius 2 is 1.95 bits per heavy atom. The van der Waals surface area contributed by atoms with E-state index in [0.29, 0.717) is 5.92 Å². The molecule has 0 spiro atoms. The molecule has 1 heterocycles. The number of benzene rings is 1. The van der Waals surface area contributed by atoms with Gasteiger partial charge in [0.2, 0.25) is 0 Å². The Labute approximate surface area is 129 Å². The van der Waals surface area contributed by atoms with E-state index in [1.54, 1.807) is 0 Å². The van der Waals surface area contributed by atoms with Crippen molar-refractivity contribution in [1.29, 1.82) is 0 Å². The maximum Gasteiger partial charge on any atom is 0.0741 e. The molecular weight excluding hydrogens is 262 g/mol. The third-order valence-corrected chi connectivity index (χ3v) is 4.18. The summed E-state index contributed by atoms with van der Waals surface area (Å²) in [6, 6.07) is 10.9. The van der Waals surface area contributed by atoms with E-state index in [1.165, 1.54) is 5.56 Å². The SMILES string of the molecule is CCCNC(c1ccccc1)C(C)OCC1CCOCC1. The molecule has 0 radical (unpaired) electrons. The van der Waals surface area contributed by atoms with Crippen LogP contribution in [-0.4, -0.2) is 32.5 Å². The van der Waals surface area contributed by atoms with Gasteiger partial charge in [-0.15, -0.1) is 0 Å². The summed E-state index contributed by atoms with van der Waals surface area (Å²) >= 11 is 0. The van der Waals surface area contributed by atoms with Crippen LogP contribution in [-0.2, 0) is 9.47 Å². The van der Waals surface area contributed by atoms with Crippen LogP contribution >= 0.6 is 0 Å². The number of hydrogen-bond donors (Lipinski definition) is 1. The quantitative estimate of drug-likeness (QED) is 0.794. The second kappa shape index (κ2) is 9.19. The van der Waals surface area contributed by atoms with E-state index < -0.39 is 0 Å². The summed E-state index contributed by atoms with van der Waals surface area (Å²) in [5.74, 6) is 0.656. The van der Waals surface area contributed by atoms with Gasteiger partial charge in [0.15, 0.2) is 0 Å². The highest BCUT2D eigenvalue weighted by molar-refractivity contribution is 5.19. The maximum absolute atomic E-state index is 6.18. The zero-order chi connectivity index (χ0) is 14.9. The van der Waals surface area contributed by atoms with Crippen LogP contribution in [0.1, 0.15) is 44.7 Å². The van der Waals surface area contributed by atoms with Crippen LogP contribution in [0.15, 0.2) is 30.3 Å². The smallest absolute Gasteiger partial charge is 0.0741 e. The number of nitrogens with one attached hydrogen (secondary N) is 1. The minimum absolute atomic E-state index is 0.182. The molecule has 0 bridgehead atoms. The minimum atomic E-state index is 0.182. The predicted octanol–water partition coefficient (Wildman–Crippen LogP) is 3.56. The zero-order valence-electron chi connectivity index (χ0n) is 13.4. The second-order valence-electron chi connectivity index (χ2n) is 5.94. The fourth-order valence-corrected chi connectivity index (χ4v) is 2.81. The molecule has 1 aliphatic heterocycles. The summed E-state index contributed by atoms with van der Waals surface area (Å²) in [4.78, 5) is 0. The highest BCUT2D eigenvalue weighted by Gasteiger charge is 2.21. The normalized spacial score (nSPS) is 19.3. The van der Waals surface area contributed by atoms with Crippen LogP contribution < -0.4 is 5.32 Å². The molecule has 2 unspecified atom stereocenters.